The maximum absolute atomic E-state index is 6.54. The summed E-state index contributed by atoms with van der Waals surface area (Å²) in [4.78, 5) is 0. The number of rotatable bonds is 5. The topological polar surface area (TPSA) is 43.3 Å². The van der Waals surface area contributed by atoms with E-state index in [1.807, 2.05) is 55.5 Å². The predicted molar refractivity (Wildman–Crippen MR) is 124 cm³/mol. The summed E-state index contributed by atoms with van der Waals surface area (Å²) in [6, 6.07) is 22.4. The Morgan fingerprint density at radius 2 is 1.84 bits per heavy atom. The molecule has 0 bridgehead atoms. The van der Waals surface area contributed by atoms with Gasteiger partial charge in [0.25, 0.3) is 0 Å². The molecule has 0 aromatic heterocycles. The van der Waals surface area contributed by atoms with E-state index < -0.39 is 0 Å². The predicted octanol–water partition coefficient (Wildman–Crippen LogP) is 6.10. The summed E-state index contributed by atoms with van der Waals surface area (Å²) < 4.78 is 18.8. The lowest BCUT2D eigenvalue weighted by atomic mass is 9.95. The van der Waals surface area contributed by atoms with Crippen molar-refractivity contribution in [3.05, 3.63) is 87.9 Å². The summed E-state index contributed by atoms with van der Waals surface area (Å²) in [5, 5.41) is 7.10. The third-order valence-electron chi connectivity index (χ3n) is 5.66. The first-order valence-electron chi connectivity index (χ1n) is 10.4. The largest absolute Gasteiger partial charge is 0.497 e. The van der Waals surface area contributed by atoms with E-state index in [0.717, 1.165) is 50.5 Å². The Balaban J connectivity index is 1.59. The van der Waals surface area contributed by atoms with Crippen molar-refractivity contribution in [2.75, 3.05) is 13.7 Å². The monoisotopic (exact) mass is 478 g/mol. The summed E-state index contributed by atoms with van der Waals surface area (Å²) in [7, 11) is 1.67. The molecule has 0 saturated carbocycles. The third kappa shape index (κ3) is 3.65. The van der Waals surface area contributed by atoms with Crippen LogP contribution in [0.25, 0.3) is 0 Å². The number of para-hydroxylation sites is 1. The highest BCUT2D eigenvalue weighted by Crippen LogP contribution is 2.50. The minimum absolute atomic E-state index is 0.0786. The molecule has 2 aliphatic heterocycles. The number of hydrogen-bond acceptors (Lipinski definition) is 5. The molecule has 5 nitrogen and oxygen atoms in total. The van der Waals surface area contributed by atoms with Crippen LogP contribution in [0.1, 0.15) is 42.3 Å². The fourth-order valence-electron chi connectivity index (χ4n) is 4.16. The van der Waals surface area contributed by atoms with Crippen molar-refractivity contribution in [1.29, 1.82) is 0 Å². The number of ether oxygens (including phenoxy) is 3. The van der Waals surface area contributed by atoms with Crippen LogP contribution in [-0.2, 0) is 0 Å². The number of hydrazone groups is 1. The van der Waals surface area contributed by atoms with E-state index in [1.54, 1.807) is 7.11 Å². The van der Waals surface area contributed by atoms with Gasteiger partial charge in [0.2, 0.25) is 6.23 Å². The first kappa shape index (κ1) is 19.9. The fourth-order valence-corrected chi connectivity index (χ4v) is 4.42. The van der Waals surface area contributed by atoms with Crippen molar-refractivity contribution < 1.29 is 14.2 Å². The Morgan fingerprint density at radius 1 is 1.06 bits per heavy atom. The molecule has 0 radical (unpaired) electrons. The molecule has 158 valence electrons. The zero-order valence-corrected chi connectivity index (χ0v) is 19.0. The van der Waals surface area contributed by atoms with Gasteiger partial charge in [0.15, 0.2) is 11.5 Å². The lowest BCUT2D eigenvalue weighted by Gasteiger charge is -2.38. The number of nitrogens with zero attached hydrogens (tertiary/aromatic N) is 2. The van der Waals surface area contributed by atoms with Crippen molar-refractivity contribution in [3.8, 4) is 17.2 Å². The number of fused-ring (bicyclic) bond motifs is 3. The Labute approximate surface area is 190 Å². The van der Waals surface area contributed by atoms with Gasteiger partial charge in [-0.05, 0) is 55.0 Å². The first-order valence-corrected chi connectivity index (χ1v) is 11.1. The zero-order valence-electron chi connectivity index (χ0n) is 17.4. The molecule has 5 rings (SSSR count). The molecule has 2 aliphatic rings. The van der Waals surface area contributed by atoms with Gasteiger partial charge in [0, 0.05) is 22.0 Å². The van der Waals surface area contributed by atoms with Crippen LogP contribution in [0.2, 0.25) is 0 Å². The fraction of sp³-hybridized carbons (Fsp3) is 0.240. The molecule has 3 aromatic rings. The average molecular weight is 479 g/mol. The molecule has 0 aliphatic carbocycles. The number of benzene rings is 3. The Bertz CT molecular complexity index is 1110. The molecule has 0 unspecified atom stereocenters. The Morgan fingerprint density at radius 3 is 2.55 bits per heavy atom. The standard InChI is InChI=1S/C25H23BrN2O3/c1-3-30-23-6-4-5-20-22-15-21(16-7-11-18(26)12-8-16)27-28(22)25(31-24(20)23)17-9-13-19(29-2)14-10-17/h4-14,22,25H,3,15H2,1-2H3/t22-,25+/m1/s1. The van der Waals surface area contributed by atoms with Crippen LogP contribution in [0.4, 0.5) is 0 Å². The lowest BCUT2D eigenvalue weighted by Crippen LogP contribution is -2.33. The molecular formula is C25H23BrN2O3. The molecule has 6 heteroatoms. The van der Waals surface area contributed by atoms with Crippen LogP contribution in [0.15, 0.2) is 76.3 Å². The van der Waals surface area contributed by atoms with Gasteiger partial charge < -0.3 is 14.2 Å². The molecule has 0 spiro atoms. The minimum Gasteiger partial charge on any atom is -0.497 e. The number of hydrogen-bond donors (Lipinski definition) is 0. The molecule has 0 fully saturated rings. The third-order valence-corrected chi connectivity index (χ3v) is 6.19. The van der Waals surface area contributed by atoms with E-state index in [1.165, 1.54) is 0 Å². The molecule has 0 N–H and O–H groups in total. The lowest BCUT2D eigenvalue weighted by molar-refractivity contribution is -0.0212. The van der Waals surface area contributed by atoms with Crippen LogP contribution >= 0.6 is 15.9 Å². The van der Waals surface area contributed by atoms with Crippen molar-refractivity contribution in [3.63, 3.8) is 0 Å². The van der Waals surface area contributed by atoms with Gasteiger partial charge in [-0.1, -0.05) is 40.2 Å². The molecule has 0 amide bonds. The summed E-state index contributed by atoms with van der Waals surface area (Å²) in [5.41, 5.74) is 4.29. The maximum Gasteiger partial charge on any atom is 0.214 e. The van der Waals surface area contributed by atoms with Gasteiger partial charge in [-0.25, -0.2) is 5.01 Å². The Hall–Kier alpha value is -2.99. The second-order valence-corrected chi connectivity index (χ2v) is 8.42. The summed E-state index contributed by atoms with van der Waals surface area (Å²) >= 11 is 3.52. The summed E-state index contributed by atoms with van der Waals surface area (Å²) in [6.07, 6.45) is 0.457. The summed E-state index contributed by atoms with van der Waals surface area (Å²) in [6.45, 7) is 2.57. The van der Waals surface area contributed by atoms with Crippen LogP contribution in [0, 0.1) is 0 Å². The molecular weight excluding hydrogens is 456 g/mol. The van der Waals surface area contributed by atoms with Gasteiger partial charge in [-0.2, -0.15) is 5.10 Å². The normalized spacial score (nSPS) is 19.2. The first-order chi connectivity index (χ1) is 15.2. The highest BCUT2D eigenvalue weighted by atomic mass is 79.9. The highest BCUT2D eigenvalue weighted by molar-refractivity contribution is 9.10. The average Bonchev–Trinajstić information content (AvgIpc) is 3.25. The quantitative estimate of drug-likeness (QED) is 0.444. The smallest absolute Gasteiger partial charge is 0.214 e. The summed E-state index contributed by atoms with van der Waals surface area (Å²) in [5.74, 6) is 2.39. The van der Waals surface area contributed by atoms with Crippen LogP contribution < -0.4 is 14.2 Å². The van der Waals surface area contributed by atoms with Gasteiger partial charge in [0.1, 0.15) is 5.75 Å². The number of halogens is 1. The van der Waals surface area contributed by atoms with E-state index in [2.05, 4.69) is 39.1 Å². The van der Waals surface area contributed by atoms with E-state index in [4.69, 9.17) is 19.3 Å². The molecule has 3 aromatic carbocycles. The highest BCUT2D eigenvalue weighted by Gasteiger charge is 2.42. The van der Waals surface area contributed by atoms with Gasteiger partial charge in [0.05, 0.1) is 25.5 Å². The van der Waals surface area contributed by atoms with E-state index in [-0.39, 0.29) is 12.3 Å². The molecule has 31 heavy (non-hydrogen) atoms. The van der Waals surface area contributed by atoms with E-state index in [0.29, 0.717) is 6.61 Å². The molecule has 2 heterocycles. The van der Waals surface area contributed by atoms with Gasteiger partial charge >= 0.3 is 0 Å². The molecule has 0 saturated heterocycles. The number of methoxy groups -OCH3 is 1. The van der Waals surface area contributed by atoms with Crippen LogP contribution in [-0.4, -0.2) is 24.4 Å². The van der Waals surface area contributed by atoms with Crippen molar-refractivity contribution in [1.82, 2.24) is 5.01 Å². The Kier molecular flexibility index (Phi) is 5.32. The van der Waals surface area contributed by atoms with Crippen molar-refractivity contribution in [2.45, 2.75) is 25.6 Å². The van der Waals surface area contributed by atoms with Gasteiger partial charge in [-0.3, -0.25) is 0 Å². The minimum atomic E-state index is -0.349. The SMILES string of the molecule is CCOc1cccc2c1O[C@@H](c1ccc(OC)cc1)N1N=C(c3ccc(Br)cc3)C[C@H]21. The van der Waals surface area contributed by atoms with Crippen molar-refractivity contribution in [2.24, 2.45) is 5.10 Å². The van der Waals surface area contributed by atoms with Crippen LogP contribution in [0.3, 0.4) is 0 Å². The maximum atomic E-state index is 6.54. The van der Waals surface area contributed by atoms with E-state index in [9.17, 15) is 0 Å². The molecule has 2 atom stereocenters. The second-order valence-electron chi connectivity index (χ2n) is 7.50. The van der Waals surface area contributed by atoms with E-state index >= 15 is 0 Å². The van der Waals surface area contributed by atoms with Gasteiger partial charge in [-0.15, -0.1) is 0 Å². The van der Waals surface area contributed by atoms with Crippen LogP contribution in [0.5, 0.6) is 17.2 Å². The zero-order chi connectivity index (χ0) is 21.4. The van der Waals surface area contributed by atoms with Crippen molar-refractivity contribution >= 4 is 21.6 Å². The second kappa shape index (κ2) is 8.27.